The first kappa shape index (κ1) is 96.1. The second-order valence-corrected chi connectivity index (χ2v) is 32.2. The number of nitrogens with two attached hydrogens (primary N) is 3. The Hall–Kier alpha value is -13.7. The van der Waals surface area contributed by atoms with E-state index in [9.17, 15) is 38.7 Å². The molecule has 0 aliphatic carbocycles. The third-order valence-corrected chi connectivity index (χ3v) is 20.9. The van der Waals surface area contributed by atoms with E-state index >= 15 is 28.8 Å². The second kappa shape index (κ2) is 46.7. The number of H-pyrrole nitrogens is 2. The predicted molar refractivity (Wildman–Crippen MR) is 472 cm³/mol. The van der Waals surface area contributed by atoms with E-state index in [1.807, 2.05) is 56.3 Å². The molecule has 9 rings (SSSR count). The molecule has 13 amide bonds. The van der Waals surface area contributed by atoms with Crippen molar-refractivity contribution < 1.29 is 67.4 Å². The molecule has 0 bridgehead atoms. The molecule has 12 atom stereocenters. The lowest BCUT2D eigenvalue weighted by molar-refractivity contribution is -0.142. The van der Waals surface area contributed by atoms with Gasteiger partial charge in [-0.25, -0.2) is 10.2 Å². The first-order chi connectivity index (χ1) is 60.1. The Morgan fingerprint density at radius 2 is 0.937 bits per heavy atom. The number of pyridine rings is 1. The van der Waals surface area contributed by atoms with Gasteiger partial charge in [0.05, 0.1) is 6.61 Å². The molecule has 1 saturated heterocycles. The van der Waals surface area contributed by atoms with Crippen molar-refractivity contribution in [3.8, 4) is 0 Å². The number of nitrogens with one attached hydrogen (secondary N) is 16. The number of fused-ring (bicyclic) bond motifs is 1. The highest BCUT2D eigenvalue weighted by Crippen LogP contribution is 2.24. The minimum Gasteiger partial charge on any atom is -0.394 e. The number of likely N-dealkylation sites (tertiary alicyclic amines) is 1. The summed E-state index contributed by atoms with van der Waals surface area (Å²) in [7, 11) is 0. The van der Waals surface area contributed by atoms with Gasteiger partial charge in [0, 0.05) is 80.4 Å². The van der Waals surface area contributed by atoms with E-state index in [0.717, 1.165) is 10.8 Å². The van der Waals surface area contributed by atoms with Crippen LogP contribution in [0.4, 0.5) is 35.2 Å². The molecule has 672 valence electrons. The number of hydrogen-bond donors (Lipinski definition) is 20. The molecule has 0 radical (unpaired) electrons. The Bertz CT molecular complexity index is 5080. The summed E-state index contributed by atoms with van der Waals surface area (Å²) in [6.45, 7) is 12.9. The number of anilines is 6. The summed E-state index contributed by atoms with van der Waals surface area (Å²) in [5.74, 6) is -10.4. The Balaban J connectivity index is 1.03. The first-order valence-corrected chi connectivity index (χ1v) is 42.0. The average molecular weight is 1760 g/mol. The molecule has 0 spiro atoms. The summed E-state index contributed by atoms with van der Waals surface area (Å²) in [6.07, 6.45) is 3.46. The van der Waals surface area contributed by atoms with Gasteiger partial charge in [-0.1, -0.05) is 124 Å². The standard InChI is InChI=1S/C86H112ClN25O14/c1-46(2)37-63(74(118)99-62(18-11-12-35-92-47(3)4)82(126)112-36-14-19-70(112)81(125)93-48(5)71(88)115)100-76(120)66(40-53-23-30-60(31-24-53)97-72(116)49(6)94-85-106-83(89)108-110-85)102-78(122)67(41-54-25-32-61(33-26-54)98-73(117)50(7)95-86-107-84(90)109-111-86)104-80(124)69(45-113)105-79(123)68(43-56-15-13-34-91-44-56)103-77(121)65(39-52-21-28-59(87)29-22-52)101-75(119)64(96-51(8)114)42-55-20-27-57-16-9-10-17-58(57)38-55/h9-10,13,15-17,20-34,38,44,46-50,62-70,92,113H,11-12,14,18-19,35-37,39-43,45H2,1-8H3,(H2,88,115)(H,93,125)(H,96,114)(H,97,116)(H,98,117)(H,99,118)(H,100,120)(H,101,119)(H,102,122)(H,103,121)(H,104,124)(H,105,123)(H4,89,94,106,108,110)(H4,90,95,107,109,111)/t48-,49+,50+,62+,63+,64-,65-,66-,67+,68-,69+,70+/m1/s1. The van der Waals surface area contributed by atoms with Crippen molar-refractivity contribution in [1.29, 1.82) is 0 Å². The van der Waals surface area contributed by atoms with Gasteiger partial charge in [0.2, 0.25) is 101 Å². The van der Waals surface area contributed by atoms with Crippen LogP contribution in [0.2, 0.25) is 5.02 Å². The zero-order valence-electron chi connectivity index (χ0n) is 71.3. The number of rotatable bonds is 46. The Morgan fingerprint density at radius 3 is 1.40 bits per heavy atom. The fourth-order valence-corrected chi connectivity index (χ4v) is 14.1. The van der Waals surface area contributed by atoms with Crippen LogP contribution in [0.5, 0.6) is 0 Å². The van der Waals surface area contributed by atoms with E-state index in [2.05, 4.69) is 110 Å². The highest BCUT2D eigenvalue weighted by Gasteiger charge is 2.41. The van der Waals surface area contributed by atoms with Gasteiger partial charge < -0.3 is 102 Å². The molecule has 0 unspecified atom stereocenters. The van der Waals surface area contributed by atoms with Crippen LogP contribution < -0.4 is 91.6 Å². The third-order valence-electron chi connectivity index (χ3n) is 20.7. The molecule has 8 aromatic rings. The van der Waals surface area contributed by atoms with Gasteiger partial charge in [-0.05, 0) is 153 Å². The van der Waals surface area contributed by atoms with Crippen LogP contribution >= 0.6 is 11.6 Å². The fourth-order valence-electron chi connectivity index (χ4n) is 14.0. The lowest BCUT2D eigenvalue weighted by atomic mass is 9.99. The topological polar surface area (TPSA) is 588 Å². The lowest BCUT2D eigenvalue weighted by Gasteiger charge is -2.31. The number of carbonyl (C=O) groups is 13. The number of aliphatic hydroxyl groups is 1. The minimum atomic E-state index is -1.92. The Kier molecular flexibility index (Phi) is 35.6. The summed E-state index contributed by atoms with van der Waals surface area (Å²) >= 11 is 6.30. The van der Waals surface area contributed by atoms with Crippen LogP contribution in [0.25, 0.3) is 10.8 Å². The molecule has 5 aromatic carbocycles. The molecule has 39 nitrogen and oxygen atoms in total. The number of nitrogen functional groups attached to an aromatic ring is 2. The minimum absolute atomic E-state index is 0.00662. The summed E-state index contributed by atoms with van der Waals surface area (Å²) in [5, 5.41) is 65.3. The smallest absolute Gasteiger partial charge is 0.246 e. The molecule has 1 aliphatic heterocycles. The largest absolute Gasteiger partial charge is 0.394 e. The molecular formula is C86H112ClN25O14. The molecular weight excluding hydrogens is 1640 g/mol. The quantitative estimate of drug-likeness (QED) is 0.0242. The SMILES string of the molecule is CC(=O)N[C@H](Cc1ccc2ccccc2c1)C(=O)N[C@H](Cc1ccc(Cl)cc1)C(=O)N[C@H](Cc1cccnc1)C(=O)N[C@@H](CO)C(=O)N[C@@H](Cc1ccc(NC(=O)[C@H](C)Nc2nc(N)n[nH]2)cc1)C(=O)N[C@H](Cc1ccc(NC(=O)[C@H](C)Nc2nc(N)n[nH]2)cc1)C(=O)N[C@@H](CC(C)C)C(=O)N[C@@H](CCCCNC(C)C)C(=O)N1CCC[C@H]1C(=O)N[C@H](C)C(N)=O. The number of aliphatic hydroxyl groups excluding tert-OH is 1. The molecule has 4 heterocycles. The van der Waals surface area contributed by atoms with Gasteiger partial charge >= 0.3 is 0 Å². The van der Waals surface area contributed by atoms with Crippen LogP contribution in [0.3, 0.4) is 0 Å². The number of halogens is 1. The van der Waals surface area contributed by atoms with Gasteiger partial charge in [0.15, 0.2) is 0 Å². The van der Waals surface area contributed by atoms with Gasteiger partial charge in [-0.15, -0.1) is 10.2 Å². The van der Waals surface area contributed by atoms with Crippen LogP contribution in [0.1, 0.15) is 122 Å². The summed E-state index contributed by atoms with van der Waals surface area (Å²) in [4.78, 5) is 200. The van der Waals surface area contributed by atoms with E-state index in [4.69, 9.17) is 28.8 Å². The maximum Gasteiger partial charge on any atom is 0.246 e. The molecule has 1 fully saturated rings. The Labute approximate surface area is 732 Å². The van der Waals surface area contributed by atoms with Crippen LogP contribution in [0.15, 0.2) is 140 Å². The van der Waals surface area contributed by atoms with Crippen LogP contribution in [0, 0.1) is 5.92 Å². The van der Waals surface area contributed by atoms with Crippen molar-refractivity contribution in [1.82, 2.24) is 93.4 Å². The van der Waals surface area contributed by atoms with E-state index in [1.165, 1.54) is 67.5 Å². The van der Waals surface area contributed by atoms with Crippen molar-refractivity contribution in [3.63, 3.8) is 0 Å². The number of nitrogens with zero attached hydrogens (tertiary/aromatic N) is 6. The zero-order valence-corrected chi connectivity index (χ0v) is 72.1. The summed E-state index contributed by atoms with van der Waals surface area (Å²) in [5.41, 5.74) is 19.7. The van der Waals surface area contributed by atoms with Crippen LogP contribution in [-0.2, 0) is 94.4 Å². The van der Waals surface area contributed by atoms with Gasteiger partial charge in [-0.2, -0.15) is 9.97 Å². The van der Waals surface area contributed by atoms with Crippen LogP contribution in [-0.4, -0.2) is 220 Å². The zero-order chi connectivity index (χ0) is 91.3. The molecule has 23 N–H and O–H groups in total. The maximum atomic E-state index is 15.7. The van der Waals surface area contributed by atoms with Crippen molar-refractivity contribution in [2.24, 2.45) is 11.7 Å². The second-order valence-electron chi connectivity index (χ2n) is 31.8. The highest BCUT2D eigenvalue weighted by atomic mass is 35.5. The number of aromatic nitrogens is 7. The molecule has 0 saturated carbocycles. The van der Waals surface area contributed by atoms with Crippen molar-refractivity contribution >= 4 is 134 Å². The van der Waals surface area contributed by atoms with E-state index < -0.39 is 162 Å². The molecule has 40 heteroatoms. The lowest BCUT2D eigenvalue weighted by Crippen LogP contribution is -2.62. The molecule has 3 aromatic heterocycles. The van der Waals surface area contributed by atoms with Gasteiger partial charge in [0.1, 0.15) is 72.5 Å². The summed E-state index contributed by atoms with van der Waals surface area (Å²) in [6, 6.07) is 19.2. The van der Waals surface area contributed by atoms with Gasteiger partial charge in [-0.3, -0.25) is 67.3 Å². The van der Waals surface area contributed by atoms with Gasteiger partial charge in [0.25, 0.3) is 0 Å². The van der Waals surface area contributed by atoms with Crippen molar-refractivity contribution in [2.75, 3.05) is 52.4 Å². The monoisotopic (exact) mass is 1750 g/mol. The third kappa shape index (κ3) is 29.8. The fraction of sp³-hybridized carbons (Fsp3) is 0.419. The molecule has 126 heavy (non-hydrogen) atoms. The first-order valence-electron chi connectivity index (χ1n) is 41.6. The maximum absolute atomic E-state index is 15.7. The number of aromatic amines is 2. The number of benzene rings is 5. The van der Waals surface area contributed by atoms with E-state index in [-0.39, 0.29) is 92.9 Å². The van der Waals surface area contributed by atoms with Crippen molar-refractivity contribution in [3.05, 3.63) is 173 Å². The van der Waals surface area contributed by atoms with Crippen molar-refractivity contribution in [2.45, 2.75) is 205 Å². The number of unbranched alkanes of at least 4 members (excludes halogenated alkanes) is 1. The number of carbonyl (C=O) groups excluding carboxylic acids is 13. The van der Waals surface area contributed by atoms with E-state index in [0.29, 0.717) is 64.3 Å². The predicted octanol–water partition coefficient (Wildman–Crippen LogP) is 1.77. The average Bonchev–Trinajstić information content (AvgIpc) is 1.73. The number of amides is 13. The highest BCUT2D eigenvalue weighted by molar-refractivity contribution is 6.30. The van der Waals surface area contributed by atoms with E-state index in [1.54, 1.807) is 76.2 Å². The molecule has 1 aliphatic rings. The number of primary amides is 1. The normalized spacial score (nSPS) is 15.1. The summed E-state index contributed by atoms with van der Waals surface area (Å²) < 4.78 is 0. The Morgan fingerprint density at radius 1 is 0.492 bits per heavy atom. The number of hydrogen-bond acceptors (Lipinski definition) is 24.